The van der Waals surface area contributed by atoms with E-state index in [2.05, 4.69) is 26.0 Å². The van der Waals surface area contributed by atoms with Crippen molar-refractivity contribution in [3.63, 3.8) is 0 Å². The van der Waals surface area contributed by atoms with Crippen LogP contribution in [0.25, 0.3) is 0 Å². The average Bonchev–Trinajstić information content (AvgIpc) is 3.14. The van der Waals surface area contributed by atoms with Crippen LogP contribution in [0.2, 0.25) is 0 Å². The lowest BCUT2D eigenvalue weighted by Gasteiger charge is -2.23. The maximum absolute atomic E-state index is 12.7. The Morgan fingerprint density at radius 1 is 1.05 bits per heavy atom. The number of nitrogens with zero attached hydrogens (tertiary/aromatic N) is 1. The summed E-state index contributed by atoms with van der Waals surface area (Å²) in [5, 5.41) is 0. The number of likely N-dealkylation sites (tertiary alicyclic amines) is 1. The molecule has 2 amide bonds. The molecule has 1 saturated heterocycles. The van der Waals surface area contributed by atoms with Gasteiger partial charge in [-0.05, 0) is 37.0 Å². The molecule has 0 aromatic carbocycles. The number of allylic oxidation sites excluding steroid dienone is 2. The highest BCUT2D eigenvalue weighted by molar-refractivity contribution is 6.06. The summed E-state index contributed by atoms with van der Waals surface area (Å²) in [6.07, 6.45) is 11.1. The molecule has 3 rings (SSSR count). The molecule has 0 aromatic heterocycles. The first-order chi connectivity index (χ1) is 10.2. The van der Waals surface area contributed by atoms with Gasteiger partial charge in [0, 0.05) is 6.54 Å². The predicted molar refractivity (Wildman–Crippen MR) is 82.4 cm³/mol. The van der Waals surface area contributed by atoms with Crippen LogP contribution in [-0.4, -0.2) is 23.3 Å². The van der Waals surface area contributed by atoms with Crippen molar-refractivity contribution in [2.75, 3.05) is 6.54 Å². The third kappa shape index (κ3) is 2.45. The number of amides is 2. The molecule has 5 unspecified atom stereocenters. The van der Waals surface area contributed by atoms with Crippen molar-refractivity contribution in [1.82, 2.24) is 4.90 Å². The monoisotopic (exact) mass is 289 g/mol. The van der Waals surface area contributed by atoms with Gasteiger partial charge in [-0.3, -0.25) is 14.5 Å². The van der Waals surface area contributed by atoms with Crippen LogP contribution in [0.5, 0.6) is 0 Å². The second kappa shape index (κ2) is 5.94. The van der Waals surface area contributed by atoms with E-state index in [1.807, 2.05) is 0 Å². The molecule has 116 valence electrons. The molecule has 3 aliphatic rings. The Labute approximate surface area is 127 Å². The molecule has 2 aliphatic carbocycles. The molecule has 3 nitrogen and oxygen atoms in total. The maximum atomic E-state index is 12.7. The number of unbranched alkanes of at least 4 members (excludes halogenated alkanes) is 1. The summed E-state index contributed by atoms with van der Waals surface area (Å²) < 4.78 is 0. The van der Waals surface area contributed by atoms with Crippen LogP contribution in [-0.2, 0) is 9.59 Å². The van der Waals surface area contributed by atoms with Gasteiger partial charge in [0.15, 0.2) is 0 Å². The van der Waals surface area contributed by atoms with Crippen LogP contribution in [0, 0.1) is 29.6 Å². The fourth-order valence-electron chi connectivity index (χ4n) is 4.63. The number of hydrogen-bond donors (Lipinski definition) is 0. The summed E-state index contributed by atoms with van der Waals surface area (Å²) in [5.74, 6) is 1.36. The highest BCUT2D eigenvalue weighted by Crippen LogP contribution is 2.52. The first-order valence-corrected chi connectivity index (χ1v) is 8.70. The molecule has 0 aromatic rings. The molecule has 3 heteroatoms. The normalized spacial score (nSPS) is 34.9. The van der Waals surface area contributed by atoms with Gasteiger partial charge >= 0.3 is 0 Å². The highest BCUT2D eigenvalue weighted by Gasteiger charge is 2.59. The van der Waals surface area contributed by atoms with Gasteiger partial charge in [-0.15, -0.1) is 0 Å². The van der Waals surface area contributed by atoms with E-state index in [4.69, 9.17) is 0 Å². The van der Waals surface area contributed by atoms with Crippen molar-refractivity contribution < 1.29 is 9.59 Å². The van der Waals surface area contributed by atoms with Crippen LogP contribution in [0.4, 0.5) is 0 Å². The molecule has 0 radical (unpaired) electrons. The van der Waals surface area contributed by atoms with Crippen molar-refractivity contribution in [3.05, 3.63) is 12.2 Å². The van der Waals surface area contributed by atoms with Crippen molar-refractivity contribution in [1.29, 1.82) is 0 Å². The number of rotatable bonds is 7. The molecule has 21 heavy (non-hydrogen) atoms. The standard InChI is InChI=1S/C18H27NO2/c1-3-5-7-12(6-4-2)11-19-17(20)15-13-8-9-14(10-13)16(15)18(19)21/h8-9,12-16H,3-7,10-11H2,1-2H3. The Bertz CT molecular complexity index is 426. The molecule has 1 heterocycles. The lowest BCUT2D eigenvalue weighted by molar-refractivity contribution is -0.141. The van der Waals surface area contributed by atoms with Crippen molar-refractivity contribution >= 4 is 11.8 Å². The van der Waals surface area contributed by atoms with Crippen LogP contribution in [0.15, 0.2) is 12.2 Å². The zero-order valence-electron chi connectivity index (χ0n) is 13.3. The molecule has 2 bridgehead atoms. The quantitative estimate of drug-likeness (QED) is 0.532. The van der Waals surface area contributed by atoms with Crippen LogP contribution in [0.3, 0.4) is 0 Å². The summed E-state index contributed by atoms with van der Waals surface area (Å²) in [7, 11) is 0. The van der Waals surface area contributed by atoms with Gasteiger partial charge in [0.05, 0.1) is 11.8 Å². The Kier molecular flexibility index (Phi) is 4.19. The summed E-state index contributed by atoms with van der Waals surface area (Å²) in [5.41, 5.74) is 0. The zero-order valence-corrected chi connectivity index (χ0v) is 13.3. The zero-order chi connectivity index (χ0) is 15.0. The van der Waals surface area contributed by atoms with Gasteiger partial charge < -0.3 is 0 Å². The van der Waals surface area contributed by atoms with Gasteiger partial charge in [0.25, 0.3) is 0 Å². The number of hydrogen-bond acceptors (Lipinski definition) is 2. The Morgan fingerprint density at radius 2 is 1.67 bits per heavy atom. The van der Waals surface area contributed by atoms with E-state index in [-0.39, 0.29) is 23.7 Å². The summed E-state index contributed by atoms with van der Waals surface area (Å²) in [4.78, 5) is 27.0. The van der Waals surface area contributed by atoms with Crippen LogP contribution in [0.1, 0.15) is 52.4 Å². The van der Waals surface area contributed by atoms with E-state index < -0.39 is 0 Å². The summed E-state index contributed by atoms with van der Waals surface area (Å²) in [6, 6.07) is 0. The van der Waals surface area contributed by atoms with E-state index in [1.165, 1.54) is 12.8 Å². The van der Waals surface area contributed by atoms with Crippen molar-refractivity contribution in [2.45, 2.75) is 52.4 Å². The molecule has 5 atom stereocenters. The second-order valence-corrected chi connectivity index (χ2v) is 7.08. The fourth-order valence-corrected chi connectivity index (χ4v) is 4.63. The Hall–Kier alpha value is -1.12. The number of carbonyl (C=O) groups excluding carboxylic acids is 2. The van der Waals surface area contributed by atoms with Gasteiger partial charge in [0.1, 0.15) is 0 Å². The largest absolute Gasteiger partial charge is 0.282 e. The number of fused-ring (bicyclic) bond motifs is 5. The Morgan fingerprint density at radius 3 is 2.19 bits per heavy atom. The van der Waals surface area contributed by atoms with Gasteiger partial charge in [-0.2, -0.15) is 0 Å². The minimum absolute atomic E-state index is 0.0269. The third-order valence-corrected chi connectivity index (χ3v) is 5.67. The van der Waals surface area contributed by atoms with Gasteiger partial charge in [0.2, 0.25) is 11.8 Å². The first-order valence-electron chi connectivity index (χ1n) is 8.70. The minimum Gasteiger partial charge on any atom is -0.282 e. The van der Waals surface area contributed by atoms with Crippen LogP contribution < -0.4 is 0 Å². The van der Waals surface area contributed by atoms with Crippen molar-refractivity contribution in [2.24, 2.45) is 29.6 Å². The van der Waals surface area contributed by atoms with E-state index in [0.29, 0.717) is 24.3 Å². The van der Waals surface area contributed by atoms with E-state index in [0.717, 1.165) is 25.7 Å². The molecule has 0 spiro atoms. The number of imide groups is 1. The minimum atomic E-state index is -0.0269. The summed E-state index contributed by atoms with van der Waals surface area (Å²) in [6.45, 7) is 5.05. The van der Waals surface area contributed by atoms with Crippen molar-refractivity contribution in [3.8, 4) is 0 Å². The lowest BCUT2D eigenvalue weighted by atomic mass is 9.85. The average molecular weight is 289 g/mol. The molecular formula is C18H27NO2. The van der Waals surface area contributed by atoms with Gasteiger partial charge in [-0.25, -0.2) is 0 Å². The fraction of sp³-hybridized carbons (Fsp3) is 0.778. The topological polar surface area (TPSA) is 37.4 Å². The third-order valence-electron chi connectivity index (χ3n) is 5.67. The maximum Gasteiger partial charge on any atom is 0.233 e. The van der Waals surface area contributed by atoms with E-state index >= 15 is 0 Å². The lowest BCUT2D eigenvalue weighted by Crippen LogP contribution is -2.37. The molecule has 1 aliphatic heterocycles. The Balaban J connectivity index is 1.69. The second-order valence-electron chi connectivity index (χ2n) is 7.08. The van der Waals surface area contributed by atoms with E-state index in [9.17, 15) is 9.59 Å². The highest BCUT2D eigenvalue weighted by atomic mass is 16.2. The summed E-state index contributed by atoms with van der Waals surface area (Å²) >= 11 is 0. The molecule has 0 N–H and O–H groups in total. The van der Waals surface area contributed by atoms with E-state index in [1.54, 1.807) is 4.90 Å². The SMILES string of the molecule is CCCCC(CCC)CN1C(=O)C2C3C=CC(C3)C2C1=O. The molecule has 1 saturated carbocycles. The van der Waals surface area contributed by atoms with Gasteiger partial charge in [-0.1, -0.05) is 45.3 Å². The molecule has 2 fully saturated rings. The predicted octanol–water partition coefficient (Wildman–Crippen LogP) is 3.40. The first kappa shape index (κ1) is 14.8. The smallest absolute Gasteiger partial charge is 0.233 e. The molecular weight excluding hydrogens is 262 g/mol. The van der Waals surface area contributed by atoms with Crippen LogP contribution >= 0.6 is 0 Å². The number of carbonyl (C=O) groups is 2.